The first-order valence-corrected chi connectivity index (χ1v) is 7.77. The van der Waals surface area contributed by atoms with Gasteiger partial charge in [-0.25, -0.2) is 4.39 Å². The number of aryl methyl sites for hydroxylation is 1. The molecule has 0 bridgehead atoms. The first-order valence-electron chi connectivity index (χ1n) is 7.77. The Morgan fingerprint density at radius 1 is 1.23 bits per heavy atom. The lowest BCUT2D eigenvalue weighted by atomic mass is 10.1. The number of likely N-dealkylation sites (N-methyl/N-ethyl adjacent to an activating group) is 2. The maximum Gasteiger partial charge on any atom is 0.241 e. The van der Waals surface area contributed by atoms with Crippen molar-refractivity contribution in [1.82, 2.24) is 25.3 Å². The standard InChI is InChI=1S/C17H24FN5O.2ClH/c1-19-16(13-9-21-23(4)11-13)17(24)20-10-15(22(2)3)12-5-7-14(18)8-6-12;;/h5-9,11,15-16,19H,10H2,1-4H3,(H,20,24);2*1H. The summed E-state index contributed by atoms with van der Waals surface area (Å²) in [7, 11) is 7.40. The van der Waals surface area contributed by atoms with Crippen LogP contribution in [0.4, 0.5) is 4.39 Å². The van der Waals surface area contributed by atoms with Crippen LogP contribution < -0.4 is 10.6 Å². The predicted octanol–water partition coefficient (Wildman–Crippen LogP) is 2.08. The van der Waals surface area contributed by atoms with Crippen molar-refractivity contribution >= 4 is 30.7 Å². The monoisotopic (exact) mass is 405 g/mol. The van der Waals surface area contributed by atoms with Gasteiger partial charge in [0.25, 0.3) is 0 Å². The number of rotatable bonds is 7. The van der Waals surface area contributed by atoms with E-state index in [-0.39, 0.29) is 42.6 Å². The number of nitrogens with one attached hydrogen (secondary N) is 2. The lowest BCUT2D eigenvalue weighted by molar-refractivity contribution is -0.123. The second-order valence-electron chi connectivity index (χ2n) is 5.95. The molecule has 2 aromatic rings. The van der Waals surface area contributed by atoms with Crippen LogP contribution in [0, 0.1) is 5.82 Å². The number of nitrogens with zero attached hydrogens (tertiary/aromatic N) is 3. The van der Waals surface area contributed by atoms with E-state index in [1.54, 1.807) is 30.1 Å². The Bertz CT molecular complexity index is 678. The van der Waals surface area contributed by atoms with Gasteiger partial charge in [-0.1, -0.05) is 12.1 Å². The molecule has 146 valence electrons. The molecule has 2 N–H and O–H groups in total. The lowest BCUT2D eigenvalue weighted by Gasteiger charge is -2.26. The number of carbonyl (C=O) groups is 1. The van der Waals surface area contributed by atoms with E-state index in [4.69, 9.17) is 0 Å². The van der Waals surface area contributed by atoms with E-state index in [0.717, 1.165) is 11.1 Å². The molecule has 1 amide bonds. The molecule has 1 aromatic heterocycles. The van der Waals surface area contributed by atoms with Crippen LogP contribution in [0.1, 0.15) is 23.2 Å². The zero-order valence-electron chi connectivity index (χ0n) is 15.3. The summed E-state index contributed by atoms with van der Waals surface area (Å²) < 4.78 is 14.8. The molecule has 2 unspecified atom stereocenters. The van der Waals surface area contributed by atoms with E-state index in [2.05, 4.69) is 15.7 Å². The molecular formula is C17H26Cl2FN5O. The zero-order chi connectivity index (χ0) is 17.7. The lowest BCUT2D eigenvalue weighted by Crippen LogP contribution is -2.40. The highest BCUT2D eigenvalue weighted by Gasteiger charge is 2.22. The Kier molecular flexibility index (Phi) is 10.4. The molecule has 0 aliphatic carbocycles. The quantitative estimate of drug-likeness (QED) is 0.739. The highest BCUT2D eigenvalue weighted by molar-refractivity contribution is 5.85. The SMILES string of the molecule is CNC(C(=O)NCC(c1ccc(F)cc1)N(C)C)c1cnn(C)c1.Cl.Cl. The van der Waals surface area contributed by atoms with Gasteiger partial charge in [-0.05, 0) is 38.8 Å². The summed E-state index contributed by atoms with van der Waals surface area (Å²) >= 11 is 0. The van der Waals surface area contributed by atoms with Gasteiger partial charge in [0.05, 0.1) is 12.2 Å². The van der Waals surface area contributed by atoms with Crippen molar-refractivity contribution in [3.8, 4) is 0 Å². The topological polar surface area (TPSA) is 62.2 Å². The highest BCUT2D eigenvalue weighted by atomic mass is 35.5. The molecule has 0 spiro atoms. The molecule has 26 heavy (non-hydrogen) atoms. The van der Waals surface area contributed by atoms with E-state index in [0.29, 0.717) is 6.54 Å². The fourth-order valence-corrected chi connectivity index (χ4v) is 2.62. The van der Waals surface area contributed by atoms with Crippen LogP contribution in [0.3, 0.4) is 0 Å². The molecule has 0 saturated heterocycles. The van der Waals surface area contributed by atoms with Crippen LogP contribution in [0.15, 0.2) is 36.7 Å². The molecule has 6 nitrogen and oxygen atoms in total. The Hall–Kier alpha value is -1.67. The van der Waals surface area contributed by atoms with Gasteiger partial charge in [0.1, 0.15) is 11.9 Å². The summed E-state index contributed by atoms with van der Waals surface area (Å²) in [5, 5.41) is 10.1. The minimum atomic E-state index is -0.463. The molecule has 0 fully saturated rings. The van der Waals surface area contributed by atoms with Gasteiger partial charge >= 0.3 is 0 Å². The molecule has 0 saturated carbocycles. The zero-order valence-corrected chi connectivity index (χ0v) is 16.9. The van der Waals surface area contributed by atoms with Gasteiger partial charge in [-0.3, -0.25) is 9.48 Å². The Morgan fingerprint density at radius 2 is 1.85 bits per heavy atom. The third-order valence-electron chi connectivity index (χ3n) is 3.96. The van der Waals surface area contributed by atoms with E-state index < -0.39 is 6.04 Å². The van der Waals surface area contributed by atoms with Gasteiger partial charge in [-0.2, -0.15) is 5.10 Å². The van der Waals surface area contributed by atoms with Crippen LogP contribution in [-0.4, -0.2) is 48.3 Å². The van der Waals surface area contributed by atoms with Crippen molar-refractivity contribution in [1.29, 1.82) is 0 Å². The fourth-order valence-electron chi connectivity index (χ4n) is 2.62. The Balaban J connectivity index is 0.00000312. The van der Waals surface area contributed by atoms with Crippen LogP contribution in [0.25, 0.3) is 0 Å². The third kappa shape index (κ3) is 6.25. The average Bonchev–Trinajstić information content (AvgIpc) is 2.96. The smallest absolute Gasteiger partial charge is 0.241 e. The summed E-state index contributed by atoms with van der Waals surface area (Å²) in [6.45, 7) is 0.426. The second-order valence-corrected chi connectivity index (χ2v) is 5.95. The molecule has 9 heteroatoms. The largest absolute Gasteiger partial charge is 0.353 e. The van der Waals surface area contributed by atoms with Crippen molar-refractivity contribution in [2.24, 2.45) is 7.05 Å². The van der Waals surface area contributed by atoms with E-state index in [9.17, 15) is 9.18 Å². The summed E-state index contributed by atoms with van der Waals surface area (Å²) in [5.41, 5.74) is 1.75. The molecule has 1 heterocycles. The molecule has 1 aromatic carbocycles. The third-order valence-corrected chi connectivity index (χ3v) is 3.96. The first-order chi connectivity index (χ1) is 11.4. The number of carbonyl (C=O) groups excluding carboxylic acids is 1. The predicted molar refractivity (Wildman–Crippen MR) is 105 cm³/mol. The molecule has 0 radical (unpaired) electrons. The van der Waals surface area contributed by atoms with Crippen molar-refractivity contribution in [3.63, 3.8) is 0 Å². The van der Waals surface area contributed by atoms with Crippen LogP contribution >= 0.6 is 24.8 Å². The number of hydrogen-bond donors (Lipinski definition) is 2. The number of aromatic nitrogens is 2. The fraction of sp³-hybridized carbons (Fsp3) is 0.412. The van der Waals surface area contributed by atoms with Gasteiger partial charge in [-0.15, -0.1) is 24.8 Å². The number of hydrogen-bond acceptors (Lipinski definition) is 4. The summed E-state index contributed by atoms with van der Waals surface area (Å²) in [4.78, 5) is 14.5. The Labute approximate surface area is 166 Å². The maximum absolute atomic E-state index is 13.1. The number of benzene rings is 1. The molecule has 2 atom stereocenters. The number of halogens is 3. The van der Waals surface area contributed by atoms with Gasteiger partial charge in [0.15, 0.2) is 0 Å². The molecular weight excluding hydrogens is 380 g/mol. The second kappa shape index (κ2) is 11.1. The maximum atomic E-state index is 13.1. The molecule has 0 aliphatic rings. The van der Waals surface area contributed by atoms with Crippen LogP contribution in [0.2, 0.25) is 0 Å². The van der Waals surface area contributed by atoms with Crippen molar-refractivity contribution in [2.75, 3.05) is 27.7 Å². The van der Waals surface area contributed by atoms with Crippen molar-refractivity contribution in [3.05, 3.63) is 53.6 Å². The van der Waals surface area contributed by atoms with E-state index in [1.165, 1.54) is 12.1 Å². The molecule has 2 rings (SSSR count). The van der Waals surface area contributed by atoms with E-state index >= 15 is 0 Å². The summed E-state index contributed by atoms with van der Waals surface area (Å²) in [6.07, 6.45) is 3.48. The normalized spacial score (nSPS) is 12.7. The summed E-state index contributed by atoms with van der Waals surface area (Å²) in [5.74, 6) is -0.397. The average molecular weight is 406 g/mol. The summed E-state index contributed by atoms with van der Waals surface area (Å²) in [6, 6.07) is 5.83. The Morgan fingerprint density at radius 3 is 2.31 bits per heavy atom. The number of amides is 1. The van der Waals surface area contributed by atoms with Gasteiger partial charge in [0.2, 0.25) is 5.91 Å². The first kappa shape index (κ1) is 24.3. The van der Waals surface area contributed by atoms with Crippen LogP contribution in [-0.2, 0) is 11.8 Å². The minimum absolute atomic E-state index is 0. The minimum Gasteiger partial charge on any atom is -0.353 e. The van der Waals surface area contributed by atoms with E-state index in [1.807, 2.05) is 32.2 Å². The van der Waals surface area contributed by atoms with Gasteiger partial charge in [0, 0.05) is 25.4 Å². The molecule has 0 aliphatic heterocycles. The van der Waals surface area contributed by atoms with Crippen LogP contribution in [0.5, 0.6) is 0 Å². The van der Waals surface area contributed by atoms with Gasteiger partial charge < -0.3 is 15.5 Å². The van der Waals surface area contributed by atoms with Crippen molar-refractivity contribution in [2.45, 2.75) is 12.1 Å². The van der Waals surface area contributed by atoms with Crippen molar-refractivity contribution < 1.29 is 9.18 Å². The highest BCUT2D eigenvalue weighted by Crippen LogP contribution is 2.18.